The number of fused-ring (bicyclic) bond motifs is 3. The van der Waals surface area contributed by atoms with Gasteiger partial charge in [0.15, 0.2) is 6.10 Å². The Morgan fingerprint density at radius 1 is 0.654 bits per heavy atom. The van der Waals surface area contributed by atoms with Crippen LogP contribution >= 0.6 is 0 Å². The normalized spacial score (nSPS) is 26.1. The standard InChI is InChI=1S/C73H107N13O21/c1-9-40(5)60-68(101)80-51(38-87)65(98)76-47(10-2)64(97)82-61(41(6)88)69(102)78-49(27-24-43-17-12-11-13-18-43)71(104)85-31-14-19-52(85)66(99)79-50(35-46(36-57(92)56(91)33-39(3)4)107-73(106)55(83(8)42(7)89)34-44-22-25-45(90)26-23-44)62(95)70(103)77-48(28-29-58(74)93)63(96)75-37-59(94)84-30-16-21-54(84)72(105)86-32-15-20-53(86)67(100)81-60/h10-13,17-18,22-23,25-26,39-41,46,48-57,60-62,87-88,90-92,95H,9,14-16,19-21,24,27-38H2,1-8H3,(H2,74,93)(H,75,96)(H,76,98)(H,77,103)(H,78,102)(H,79,99)(H,80,101)(H,81,100)(H,82,97)/b47-10+/t40-,41+,46?,48-,49?,50?,51-,52-,53-,54-,55?,56?,57?,60+,61-,62?/m0/s1. The van der Waals surface area contributed by atoms with Crippen LogP contribution in [-0.2, 0) is 84.7 Å². The molecule has 2 aromatic carbocycles. The highest BCUT2D eigenvalue weighted by atomic mass is 16.5. The van der Waals surface area contributed by atoms with Crippen molar-refractivity contribution in [1.29, 1.82) is 0 Å². The van der Waals surface area contributed by atoms with E-state index in [9.17, 15) is 88.2 Å². The van der Waals surface area contributed by atoms with Gasteiger partial charge >= 0.3 is 5.97 Å². The lowest BCUT2D eigenvalue weighted by atomic mass is 9.93. The van der Waals surface area contributed by atoms with Crippen LogP contribution in [0.2, 0.25) is 0 Å². The first kappa shape index (κ1) is 86.3. The van der Waals surface area contributed by atoms with E-state index >= 15 is 9.59 Å². The van der Waals surface area contributed by atoms with Gasteiger partial charge in [-0.25, -0.2) is 4.79 Å². The number of phenolic OH excluding ortho intramolecular Hbond substituents is 1. The fourth-order valence-electron chi connectivity index (χ4n) is 13.5. The maximum atomic E-state index is 15.3. The quantitative estimate of drug-likeness (QED) is 0.0411. The van der Waals surface area contributed by atoms with Gasteiger partial charge in [0.2, 0.25) is 65.0 Å². The molecule has 590 valence electrons. The molecule has 0 spiro atoms. The van der Waals surface area contributed by atoms with Gasteiger partial charge in [-0.05, 0) is 113 Å². The molecule has 16 N–H and O–H groups in total. The molecule has 4 saturated heterocycles. The number of aliphatic hydroxyl groups is 5. The van der Waals surface area contributed by atoms with Crippen LogP contribution in [-0.4, -0.2) is 264 Å². The molecule has 13 amide bonds. The molecule has 4 heterocycles. The van der Waals surface area contributed by atoms with Crippen LogP contribution in [0.3, 0.4) is 0 Å². The number of aliphatic hydroxyl groups excluding tert-OH is 5. The number of nitrogens with one attached hydrogen (secondary N) is 8. The predicted molar refractivity (Wildman–Crippen MR) is 383 cm³/mol. The number of ether oxygens (including phenoxy) is 1. The minimum atomic E-state index is -2.51. The average molecular weight is 1500 g/mol. The lowest BCUT2D eigenvalue weighted by Gasteiger charge is -2.34. The van der Waals surface area contributed by atoms with Gasteiger partial charge in [-0.3, -0.25) is 62.3 Å². The van der Waals surface area contributed by atoms with Gasteiger partial charge in [0, 0.05) is 59.3 Å². The number of aryl methyl sites for hydroxylation is 1. The molecule has 34 heteroatoms. The Labute approximate surface area is 621 Å². The molecule has 0 saturated carbocycles. The number of nitrogens with two attached hydrogens (primary N) is 1. The Morgan fingerprint density at radius 2 is 1.22 bits per heavy atom. The summed E-state index contributed by atoms with van der Waals surface area (Å²) in [7, 11) is 1.31. The van der Waals surface area contributed by atoms with Crippen molar-refractivity contribution in [3.63, 3.8) is 0 Å². The van der Waals surface area contributed by atoms with E-state index in [1.165, 1.54) is 55.0 Å². The number of carbonyl (C=O) groups is 14. The van der Waals surface area contributed by atoms with Crippen molar-refractivity contribution < 1.29 is 102 Å². The maximum absolute atomic E-state index is 15.3. The van der Waals surface area contributed by atoms with Crippen LogP contribution in [0.1, 0.15) is 143 Å². The van der Waals surface area contributed by atoms with Gasteiger partial charge in [0.05, 0.1) is 37.5 Å². The second-order valence-corrected chi connectivity index (χ2v) is 28.4. The Hall–Kier alpha value is -9.64. The number of nitrogens with zero attached hydrogens (tertiary/aromatic N) is 4. The summed E-state index contributed by atoms with van der Waals surface area (Å²) < 4.78 is 6.12. The Morgan fingerprint density at radius 3 is 1.80 bits per heavy atom. The summed E-state index contributed by atoms with van der Waals surface area (Å²) in [4.78, 5) is 204. The Bertz CT molecular complexity index is 3510. The second-order valence-electron chi connectivity index (χ2n) is 28.4. The number of hydrogen-bond acceptors (Lipinski definition) is 21. The number of benzene rings is 2. The largest absolute Gasteiger partial charge is 0.508 e. The first-order valence-electron chi connectivity index (χ1n) is 36.5. The number of likely N-dealkylation sites (N-methyl/N-ethyl adjacent to an activating group) is 1. The SMILES string of the molecule is C/C=C1/NC(=O)[C@H](CO)NC(=O)[C@@H]([C@@H](C)CC)NC(=O)[C@@H]2CCCN2C(=O)[C@@H]2CCCN2C(=O)CNC(=O)[C@H](CCC(N)=O)NC(=O)C(O)C(CC(CC(O)C(O)CC(C)C)OC(=O)C(Cc2ccc(O)cc2)N(C)C(C)=O)NC(=O)[C@@H]2CCCN2C(=O)C(CCc2ccccc2)NC(=O)[C@H]([C@@H](C)O)NC1=O. The van der Waals surface area contributed by atoms with Crippen molar-refractivity contribution in [3.8, 4) is 5.75 Å². The van der Waals surface area contributed by atoms with Crippen molar-refractivity contribution in [3.05, 3.63) is 77.5 Å². The summed E-state index contributed by atoms with van der Waals surface area (Å²) >= 11 is 0. The van der Waals surface area contributed by atoms with Crippen LogP contribution in [0.5, 0.6) is 5.75 Å². The Balaban J connectivity index is 1.45. The van der Waals surface area contributed by atoms with Crippen LogP contribution in [0.25, 0.3) is 0 Å². The van der Waals surface area contributed by atoms with Crippen LogP contribution in [0, 0.1) is 11.8 Å². The lowest BCUT2D eigenvalue weighted by molar-refractivity contribution is -0.162. The number of phenols is 1. The third kappa shape index (κ3) is 24.4. The number of allylic oxidation sites excluding steroid dienone is 1. The van der Waals surface area contributed by atoms with Crippen molar-refractivity contribution in [2.24, 2.45) is 17.6 Å². The molecule has 6 rings (SSSR count). The van der Waals surface area contributed by atoms with Gasteiger partial charge < -0.3 is 103 Å². The molecule has 7 unspecified atom stereocenters. The first-order chi connectivity index (χ1) is 50.7. The molecule has 2 aromatic rings. The smallest absolute Gasteiger partial charge is 0.329 e. The number of primary amides is 1. The van der Waals surface area contributed by atoms with Crippen molar-refractivity contribution >= 4 is 82.8 Å². The fraction of sp³-hybridized carbons (Fsp3) is 0.616. The monoisotopic (exact) mass is 1500 g/mol. The average Bonchev–Trinajstić information content (AvgIpc) is 1.68. The summed E-state index contributed by atoms with van der Waals surface area (Å²) in [5, 5.41) is 87.0. The summed E-state index contributed by atoms with van der Waals surface area (Å²) in [6.45, 7) is 8.62. The summed E-state index contributed by atoms with van der Waals surface area (Å²) in [5.41, 5.74) is 6.14. The molecule has 0 aliphatic carbocycles. The van der Waals surface area contributed by atoms with E-state index in [0.717, 1.165) is 22.8 Å². The van der Waals surface area contributed by atoms with Gasteiger partial charge in [0.1, 0.15) is 71.9 Å². The zero-order valence-corrected chi connectivity index (χ0v) is 61.9. The van der Waals surface area contributed by atoms with E-state index in [1.54, 1.807) is 58.0 Å². The van der Waals surface area contributed by atoms with E-state index in [4.69, 9.17) is 10.5 Å². The molecule has 34 nitrogen and oxygen atoms in total. The minimum absolute atomic E-state index is 0.0116. The summed E-state index contributed by atoms with van der Waals surface area (Å²) in [5.74, 6) is -14.6. The van der Waals surface area contributed by atoms with Crippen molar-refractivity contribution in [2.75, 3.05) is 39.8 Å². The number of esters is 1. The molecular formula is C73H107N13O21. The van der Waals surface area contributed by atoms with Crippen LogP contribution < -0.4 is 48.3 Å². The molecule has 4 fully saturated rings. The van der Waals surface area contributed by atoms with Crippen molar-refractivity contribution in [2.45, 2.75) is 236 Å². The molecular weight excluding hydrogens is 1390 g/mol. The number of carbonyl (C=O) groups excluding carboxylic acids is 14. The third-order valence-corrected chi connectivity index (χ3v) is 19.9. The van der Waals surface area contributed by atoms with Crippen molar-refractivity contribution in [1.82, 2.24) is 62.1 Å². The van der Waals surface area contributed by atoms with E-state index in [0.29, 0.717) is 30.4 Å². The minimum Gasteiger partial charge on any atom is -0.508 e. The number of hydrogen-bond donors (Lipinski definition) is 15. The molecule has 0 aromatic heterocycles. The highest BCUT2D eigenvalue weighted by Crippen LogP contribution is 2.28. The first-order valence-corrected chi connectivity index (χ1v) is 36.5. The second kappa shape index (κ2) is 40.9. The molecule has 107 heavy (non-hydrogen) atoms. The zero-order valence-electron chi connectivity index (χ0n) is 61.9. The van der Waals surface area contributed by atoms with Gasteiger partial charge in [-0.2, -0.15) is 0 Å². The molecule has 16 atom stereocenters. The summed E-state index contributed by atoms with van der Waals surface area (Å²) in [6.07, 6.45) is -9.60. The third-order valence-electron chi connectivity index (χ3n) is 19.9. The molecule has 0 radical (unpaired) electrons. The highest BCUT2D eigenvalue weighted by Gasteiger charge is 2.46. The van der Waals surface area contributed by atoms with Crippen LogP contribution in [0.15, 0.2) is 66.4 Å². The van der Waals surface area contributed by atoms with Gasteiger partial charge in [0.25, 0.3) is 11.8 Å². The fourth-order valence-corrected chi connectivity index (χ4v) is 13.5. The van der Waals surface area contributed by atoms with E-state index < -0.39 is 224 Å². The van der Waals surface area contributed by atoms with Gasteiger partial charge in [-0.1, -0.05) is 82.7 Å². The summed E-state index contributed by atoms with van der Waals surface area (Å²) in [6, 6.07) is -1.23. The number of aromatic hydroxyl groups is 1. The maximum Gasteiger partial charge on any atom is 0.329 e. The van der Waals surface area contributed by atoms with E-state index in [1.807, 2.05) is 0 Å². The van der Waals surface area contributed by atoms with E-state index in [2.05, 4.69) is 42.5 Å². The van der Waals surface area contributed by atoms with Gasteiger partial charge in [-0.15, -0.1) is 0 Å². The molecule has 4 aliphatic rings. The molecule has 0 bridgehead atoms. The topological polar surface area (TPSA) is 505 Å². The lowest BCUT2D eigenvalue weighted by Crippen LogP contribution is -2.61. The zero-order chi connectivity index (χ0) is 79.1. The Kier molecular flexibility index (Phi) is 33.0. The number of rotatable bonds is 22. The number of amides is 13. The highest BCUT2D eigenvalue weighted by molar-refractivity contribution is 6.03. The molecule has 4 aliphatic heterocycles. The van der Waals surface area contributed by atoms with Crippen LogP contribution in [0.4, 0.5) is 0 Å². The van der Waals surface area contributed by atoms with E-state index in [-0.39, 0.29) is 82.7 Å². The predicted octanol–water partition coefficient (Wildman–Crippen LogP) is -3.05.